The average Bonchev–Trinajstić information content (AvgIpc) is 2.16. The third-order valence-corrected chi connectivity index (χ3v) is 1.60. The minimum absolute atomic E-state index is 0.608. The molecule has 1 fully saturated rings. The van der Waals surface area contributed by atoms with Crippen LogP contribution in [-0.2, 0) is 4.84 Å². The number of hydrogen-bond donors (Lipinski definition) is 0. The van der Waals surface area contributed by atoms with Crippen molar-refractivity contribution in [3.8, 4) is 12.3 Å². The molecule has 0 aromatic heterocycles. The minimum Gasteiger partial charge on any atom is -0.202 e. The summed E-state index contributed by atoms with van der Waals surface area (Å²) in [6.07, 6.45) is 6.28. The Labute approximate surface area is 56.0 Å². The zero-order chi connectivity index (χ0) is 6.74. The summed E-state index contributed by atoms with van der Waals surface area (Å²) in [5.41, 5.74) is 0. The predicted octanol–water partition coefficient (Wildman–Crippen LogP) is 0.401. The van der Waals surface area contributed by atoms with E-state index in [0.29, 0.717) is 11.2 Å². The van der Waals surface area contributed by atoms with Crippen molar-refractivity contribution >= 4 is 0 Å². The number of hydrogen-bond acceptors (Lipinski definition) is 1. The fraction of sp³-hybridized carbons (Fsp3) is 0.714. The summed E-state index contributed by atoms with van der Waals surface area (Å²) >= 11 is 0. The Morgan fingerprint density at radius 1 is 1.78 bits per heavy atom. The van der Waals surface area contributed by atoms with Crippen LogP contribution in [0.2, 0.25) is 0 Å². The highest BCUT2D eigenvalue weighted by atomic mass is 16.7. The van der Waals surface area contributed by atoms with Crippen LogP contribution in [0.3, 0.4) is 0 Å². The first-order valence-electron chi connectivity index (χ1n) is 3.19. The largest absolute Gasteiger partial charge is 0.202 e. The van der Waals surface area contributed by atoms with Crippen LogP contribution in [0, 0.1) is 12.3 Å². The maximum absolute atomic E-state index is 5.38. The molecule has 1 heterocycles. The molecule has 0 radical (unpaired) electrons. The second-order valence-electron chi connectivity index (χ2n) is 2.57. The van der Waals surface area contributed by atoms with Crippen molar-refractivity contribution < 1.29 is 9.48 Å². The molecule has 2 nitrogen and oxygen atoms in total. The van der Waals surface area contributed by atoms with Gasteiger partial charge < -0.3 is 0 Å². The van der Waals surface area contributed by atoms with Crippen molar-refractivity contribution in [3.05, 3.63) is 0 Å². The van der Waals surface area contributed by atoms with Crippen molar-refractivity contribution in [3.63, 3.8) is 0 Å². The Morgan fingerprint density at radius 3 is 3.00 bits per heavy atom. The molecular weight excluding hydrogens is 114 g/mol. The van der Waals surface area contributed by atoms with Crippen molar-refractivity contribution in [2.24, 2.45) is 0 Å². The first-order chi connectivity index (χ1) is 4.27. The third kappa shape index (κ3) is 1.44. The third-order valence-electron chi connectivity index (χ3n) is 1.60. The molecular formula is C7H12NO+. The summed E-state index contributed by atoms with van der Waals surface area (Å²) in [6, 6.07) is 0. The lowest BCUT2D eigenvalue weighted by Gasteiger charge is -2.21. The molecule has 0 bridgehead atoms. The van der Waals surface area contributed by atoms with Crippen LogP contribution in [0.5, 0.6) is 0 Å². The highest BCUT2D eigenvalue weighted by Crippen LogP contribution is 2.12. The first-order valence-corrected chi connectivity index (χ1v) is 3.19. The van der Waals surface area contributed by atoms with E-state index in [1.807, 2.05) is 7.05 Å². The molecule has 2 heteroatoms. The Balaban J connectivity index is 2.43. The molecule has 1 saturated heterocycles. The Bertz CT molecular complexity index is 130. The van der Waals surface area contributed by atoms with E-state index in [9.17, 15) is 0 Å². The van der Waals surface area contributed by atoms with Crippen LogP contribution in [-0.4, -0.2) is 31.4 Å². The highest BCUT2D eigenvalue weighted by Gasteiger charge is 2.27. The molecule has 0 aromatic carbocycles. The second-order valence-corrected chi connectivity index (χ2v) is 2.57. The SMILES string of the molecule is C#CC[N+]1(C)CCCO1. The van der Waals surface area contributed by atoms with E-state index in [1.54, 1.807) is 0 Å². The molecule has 0 amide bonds. The molecule has 9 heavy (non-hydrogen) atoms. The van der Waals surface area contributed by atoms with Gasteiger partial charge in [-0.2, -0.15) is 4.65 Å². The summed E-state index contributed by atoms with van der Waals surface area (Å²) in [5, 5.41) is 0. The topological polar surface area (TPSA) is 9.23 Å². The van der Waals surface area contributed by atoms with E-state index in [-0.39, 0.29) is 0 Å². The van der Waals surface area contributed by atoms with E-state index in [4.69, 9.17) is 11.3 Å². The number of quaternary nitrogens is 1. The highest BCUT2D eigenvalue weighted by molar-refractivity contribution is 4.82. The van der Waals surface area contributed by atoms with Gasteiger partial charge in [-0.15, -0.1) is 6.42 Å². The van der Waals surface area contributed by atoms with Crippen LogP contribution in [0.1, 0.15) is 6.42 Å². The zero-order valence-corrected chi connectivity index (χ0v) is 5.76. The fourth-order valence-electron chi connectivity index (χ4n) is 1.07. The molecule has 0 saturated carbocycles. The van der Waals surface area contributed by atoms with Gasteiger partial charge in [-0.25, -0.2) is 4.84 Å². The number of terminal acetylenes is 1. The summed E-state index contributed by atoms with van der Waals surface area (Å²) in [4.78, 5) is 5.38. The van der Waals surface area contributed by atoms with E-state index >= 15 is 0 Å². The van der Waals surface area contributed by atoms with Crippen LogP contribution in [0.4, 0.5) is 0 Å². The maximum atomic E-state index is 5.38. The van der Waals surface area contributed by atoms with E-state index in [0.717, 1.165) is 19.6 Å². The van der Waals surface area contributed by atoms with Gasteiger partial charge in [0.15, 0.2) is 6.54 Å². The van der Waals surface area contributed by atoms with Crippen molar-refractivity contribution in [1.82, 2.24) is 0 Å². The molecule has 1 aliphatic heterocycles. The molecule has 50 valence electrons. The summed E-state index contributed by atoms with van der Waals surface area (Å²) in [5.74, 6) is 2.60. The number of rotatable bonds is 1. The molecule has 1 rings (SSSR count). The Hall–Kier alpha value is -0.520. The van der Waals surface area contributed by atoms with Gasteiger partial charge in [0.1, 0.15) is 13.2 Å². The fourth-order valence-corrected chi connectivity index (χ4v) is 1.07. The monoisotopic (exact) mass is 126 g/mol. The smallest absolute Gasteiger partial charge is 0.170 e. The van der Waals surface area contributed by atoms with Crippen LogP contribution < -0.4 is 0 Å². The number of hydroxylamine groups is 3. The Kier molecular flexibility index (Phi) is 1.75. The molecule has 0 aliphatic carbocycles. The summed E-state index contributed by atoms with van der Waals surface area (Å²) < 4.78 is 0.608. The molecule has 0 N–H and O–H groups in total. The van der Waals surface area contributed by atoms with Gasteiger partial charge in [0.25, 0.3) is 0 Å². The van der Waals surface area contributed by atoms with Crippen molar-refractivity contribution in [1.29, 1.82) is 0 Å². The lowest BCUT2D eigenvalue weighted by molar-refractivity contribution is -1.07. The summed E-state index contributed by atoms with van der Waals surface area (Å²) in [7, 11) is 2.02. The van der Waals surface area contributed by atoms with Gasteiger partial charge in [0, 0.05) is 6.42 Å². The van der Waals surface area contributed by atoms with Gasteiger partial charge >= 0.3 is 0 Å². The standard InChI is InChI=1S/C7H12NO/c1-3-5-8(2)6-4-7-9-8/h1H,4-7H2,2H3/q+1. The maximum Gasteiger partial charge on any atom is 0.170 e. The lowest BCUT2D eigenvalue weighted by Crippen LogP contribution is -2.39. The van der Waals surface area contributed by atoms with E-state index in [2.05, 4.69) is 5.92 Å². The molecule has 1 aliphatic rings. The minimum atomic E-state index is 0.608. The average molecular weight is 126 g/mol. The van der Waals surface area contributed by atoms with Gasteiger partial charge in [-0.05, 0) is 5.92 Å². The summed E-state index contributed by atoms with van der Waals surface area (Å²) in [6.45, 7) is 2.61. The lowest BCUT2D eigenvalue weighted by atomic mass is 10.4. The van der Waals surface area contributed by atoms with Gasteiger partial charge in [0.2, 0.25) is 0 Å². The molecule has 1 atom stereocenters. The zero-order valence-electron chi connectivity index (χ0n) is 5.76. The van der Waals surface area contributed by atoms with Gasteiger partial charge in [-0.3, -0.25) is 0 Å². The van der Waals surface area contributed by atoms with Crippen LogP contribution in [0.25, 0.3) is 0 Å². The normalized spacial score (nSPS) is 34.2. The van der Waals surface area contributed by atoms with E-state index < -0.39 is 0 Å². The van der Waals surface area contributed by atoms with Crippen LogP contribution >= 0.6 is 0 Å². The van der Waals surface area contributed by atoms with Crippen LogP contribution in [0.15, 0.2) is 0 Å². The Morgan fingerprint density at radius 2 is 2.56 bits per heavy atom. The van der Waals surface area contributed by atoms with Gasteiger partial charge in [0.05, 0.1) is 7.05 Å². The number of nitrogens with zero attached hydrogens (tertiary/aromatic N) is 1. The van der Waals surface area contributed by atoms with E-state index in [1.165, 1.54) is 0 Å². The molecule has 0 spiro atoms. The van der Waals surface area contributed by atoms with Crippen molar-refractivity contribution in [2.75, 3.05) is 26.7 Å². The molecule has 0 aromatic rings. The molecule has 1 unspecified atom stereocenters. The first kappa shape index (κ1) is 6.60. The predicted molar refractivity (Wildman–Crippen MR) is 35.3 cm³/mol. The van der Waals surface area contributed by atoms with Crippen molar-refractivity contribution in [2.45, 2.75) is 6.42 Å². The quantitative estimate of drug-likeness (QED) is 0.365. The second kappa shape index (κ2) is 2.38. The van der Waals surface area contributed by atoms with Gasteiger partial charge in [-0.1, -0.05) is 0 Å².